The van der Waals surface area contributed by atoms with E-state index in [4.69, 9.17) is 0 Å². The number of hydrogen-bond acceptors (Lipinski definition) is 2. The molecular formula is C17H17F2NO. The molecule has 2 aromatic rings. The summed E-state index contributed by atoms with van der Waals surface area (Å²) in [6.07, 6.45) is 0.262. The third-order valence-electron chi connectivity index (χ3n) is 3.26. The van der Waals surface area contributed by atoms with Gasteiger partial charge in [0.1, 0.15) is 11.6 Å². The topological polar surface area (TPSA) is 20.3 Å². The van der Waals surface area contributed by atoms with E-state index < -0.39 is 0 Å². The molecule has 0 spiro atoms. The average molecular weight is 289 g/mol. The summed E-state index contributed by atoms with van der Waals surface area (Å²) in [7, 11) is 0. The van der Waals surface area contributed by atoms with Crippen molar-refractivity contribution in [3.05, 3.63) is 65.7 Å². The molecule has 0 amide bonds. The van der Waals surface area contributed by atoms with Gasteiger partial charge in [0, 0.05) is 18.7 Å². The van der Waals surface area contributed by atoms with Gasteiger partial charge in [-0.05, 0) is 48.9 Å². The molecule has 0 N–H and O–H groups in total. The Hall–Kier alpha value is -2.23. The Balaban J connectivity index is 1.99. The molecule has 2 nitrogen and oxygen atoms in total. The van der Waals surface area contributed by atoms with Gasteiger partial charge in [-0.15, -0.1) is 0 Å². The van der Waals surface area contributed by atoms with Crippen LogP contribution in [-0.2, 0) is 11.2 Å². The first kappa shape index (κ1) is 15.2. The van der Waals surface area contributed by atoms with Crippen molar-refractivity contribution >= 4 is 11.5 Å². The average Bonchev–Trinajstić information content (AvgIpc) is 2.48. The van der Waals surface area contributed by atoms with Crippen LogP contribution in [0, 0.1) is 11.6 Å². The van der Waals surface area contributed by atoms with Gasteiger partial charge in [0.25, 0.3) is 0 Å². The predicted octanol–water partition coefficient (Wildman–Crippen LogP) is 3.60. The molecule has 4 heteroatoms. The fourth-order valence-electron chi connectivity index (χ4n) is 2.14. The Morgan fingerprint density at radius 1 is 0.952 bits per heavy atom. The zero-order valence-electron chi connectivity index (χ0n) is 11.9. The summed E-state index contributed by atoms with van der Waals surface area (Å²) in [5.41, 5.74) is 1.60. The van der Waals surface area contributed by atoms with Crippen molar-refractivity contribution in [1.82, 2.24) is 0 Å². The third kappa shape index (κ3) is 4.38. The number of carbonyl (C=O) groups is 1. The van der Waals surface area contributed by atoms with Crippen LogP contribution < -0.4 is 4.90 Å². The van der Waals surface area contributed by atoms with Crippen LogP contribution in [0.15, 0.2) is 48.5 Å². The summed E-state index contributed by atoms with van der Waals surface area (Å²) < 4.78 is 25.7. The normalized spacial score (nSPS) is 10.4. The number of halogens is 2. The second-order valence-electron chi connectivity index (χ2n) is 4.83. The standard InChI is InChI=1S/C17H17F2NO/c1-2-20(16-9-7-15(19)8-10-16)12-17(21)11-13-3-5-14(18)6-4-13/h3-10H,2,11-12H2,1H3. The molecule has 0 aliphatic heterocycles. The number of likely N-dealkylation sites (N-methyl/N-ethyl adjacent to an activating group) is 1. The van der Waals surface area contributed by atoms with Crippen LogP contribution in [0.1, 0.15) is 12.5 Å². The lowest BCUT2D eigenvalue weighted by Crippen LogP contribution is -2.30. The van der Waals surface area contributed by atoms with Crippen molar-refractivity contribution in [3.63, 3.8) is 0 Å². The summed E-state index contributed by atoms with van der Waals surface area (Å²) in [5.74, 6) is -0.576. The summed E-state index contributed by atoms with van der Waals surface area (Å²) >= 11 is 0. The Morgan fingerprint density at radius 3 is 2.00 bits per heavy atom. The summed E-state index contributed by atoms with van der Waals surface area (Å²) in [6, 6.07) is 12.0. The Morgan fingerprint density at radius 2 is 1.48 bits per heavy atom. The van der Waals surface area contributed by atoms with Crippen molar-refractivity contribution in [2.75, 3.05) is 18.0 Å². The first-order valence-corrected chi connectivity index (χ1v) is 6.85. The highest BCUT2D eigenvalue weighted by Gasteiger charge is 2.11. The second-order valence-corrected chi connectivity index (χ2v) is 4.83. The minimum atomic E-state index is -0.312. The van der Waals surface area contributed by atoms with Crippen LogP contribution in [0.3, 0.4) is 0 Å². The zero-order chi connectivity index (χ0) is 15.2. The number of nitrogens with zero attached hydrogens (tertiary/aromatic N) is 1. The predicted molar refractivity (Wildman–Crippen MR) is 79.4 cm³/mol. The first-order chi connectivity index (χ1) is 10.1. The van der Waals surface area contributed by atoms with Gasteiger partial charge in [0.2, 0.25) is 0 Å². The number of hydrogen-bond donors (Lipinski definition) is 0. The quantitative estimate of drug-likeness (QED) is 0.810. The van der Waals surface area contributed by atoms with Crippen LogP contribution in [0.25, 0.3) is 0 Å². The Labute approximate surface area is 123 Å². The minimum Gasteiger partial charge on any atom is -0.364 e. The van der Waals surface area contributed by atoms with Crippen molar-refractivity contribution < 1.29 is 13.6 Å². The fraction of sp³-hybridized carbons (Fsp3) is 0.235. The molecule has 0 heterocycles. The van der Waals surface area contributed by atoms with Crippen molar-refractivity contribution in [3.8, 4) is 0 Å². The summed E-state index contributed by atoms with van der Waals surface area (Å²) in [4.78, 5) is 14.0. The maximum absolute atomic E-state index is 12.9. The number of benzene rings is 2. The maximum atomic E-state index is 12.9. The van der Waals surface area contributed by atoms with E-state index >= 15 is 0 Å². The lowest BCUT2D eigenvalue weighted by atomic mass is 10.1. The van der Waals surface area contributed by atoms with E-state index in [0.29, 0.717) is 6.54 Å². The number of carbonyl (C=O) groups excluding carboxylic acids is 1. The molecule has 0 saturated heterocycles. The van der Waals surface area contributed by atoms with E-state index in [9.17, 15) is 13.6 Å². The maximum Gasteiger partial charge on any atom is 0.156 e. The highest BCUT2D eigenvalue weighted by molar-refractivity contribution is 5.85. The van der Waals surface area contributed by atoms with Crippen LogP contribution in [0.4, 0.5) is 14.5 Å². The molecule has 0 radical (unpaired) electrons. The largest absolute Gasteiger partial charge is 0.364 e. The minimum absolute atomic E-state index is 0.0350. The van der Waals surface area contributed by atoms with Gasteiger partial charge in [-0.3, -0.25) is 4.79 Å². The van der Waals surface area contributed by atoms with Gasteiger partial charge >= 0.3 is 0 Å². The van der Waals surface area contributed by atoms with E-state index in [1.807, 2.05) is 11.8 Å². The van der Waals surface area contributed by atoms with Crippen molar-refractivity contribution in [1.29, 1.82) is 0 Å². The molecular weight excluding hydrogens is 272 g/mol. The molecule has 2 aromatic carbocycles. The van der Waals surface area contributed by atoms with E-state index in [0.717, 1.165) is 11.3 Å². The monoisotopic (exact) mass is 289 g/mol. The van der Waals surface area contributed by atoms with Gasteiger partial charge < -0.3 is 4.90 Å². The molecule has 110 valence electrons. The number of Topliss-reactive ketones (excluding diaryl/α,β-unsaturated/α-hetero) is 1. The van der Waals surface area contributed by atoms with Crippen LogP contribution >= 0.6 is 0 Å². The number of ketones is 1. The number of rotatable bonds is 6. The van der Waals surface area contributed by atoms with Crippen LogP contribution in [0.5, 0.6) is 0 Å². The third-order valence-corrected chi connectivity index (χ3v) is 3.26. The molecule has 0 aliphatic carbocycles. The second kappa shape index (κ2) is 6.97. The SMILES string of the molecule is CCN(CC(=O)Cc1ccc(F)cc1)c1ccc(F)cc1. The first-order valence-electron chi connectivity index (χ1n) is 6.85. The molecule has 2 rings (SSSR count). The Kier molecular flexibility index (Phi) is 5.04. The van der Waals surface area contributed by atoms with E-state index in [-0.39, 0.29) is 30.4 Å². The van der Waals surface area contributed by atoms with E-state index in [1.54, 1.807) is 24.3 Å². The fourth-order valence-corrected chi connectivity index (χ4v) is 2.14. The molecule has 0 unspecified atom stereocenters. The zero-order valence-corrected chi connectivity index (χ0v) is 11.9. The molecule has 0 saturated carbocycles. The lowest BCUT2D eigenvalue weighted by molar-refractivity contribution is -0.117. The molecule has 0 bridgehead atoms. The molecule has 21 heavy (non-hydrogen) atoms. The van der Waals surface area contributed by atoms with Crippen molar-refractivity contribution in [2.24, 2.45) is 0 Å². The molecule has 0 atom stereocenters. The number of anilines is 1. The van der Waals surface area contributed by atoms with Gasteiger partial charge in [0.05, 0.1) is 6.54 Å². The molecule has 0 aromatic heterocycles. The van der Waals surface area contributed by atoms with Gasteiger partial charge in [-0.1, -0.05) is 12.1 Å². The van der Waals surface area contributed by atoms with Gasteiger partial charge in [-0.2, -0.15) is 0 Å². The smallest absolute Gasteiger partial charge is 0.156 e. The van der Waals surface area contributed by atoms with Gasteiger partial charge in [0.15, 0.2) is 5.78 Å². The lowest BCUT2D eigenvalue weighted by Gasteiger charge is -2.22. The van der Waals surface area contributed by atoms with E-state index in [1.165, 1.54) is 24.3 Å². The summed E-state index contributed by atoms with van der Waals surface area (Å²) in [6.45, 7) is 2.84. The highest BCUT2D eigenvalue weighted by atomic mass is 19.1. The molecule has 0 aliphatic rings. The Bertz CT molecular complexity index is 593. The van der Waals surface area contributed by atoms with Crippen molar-refractivity contribution in [2.45, 2.75) is 13.3 Å². The highest BCUT2D eigenvalue weighted by Crippen LogP contribution is 2.15. The van der Waals surface area contributed by atoms with Crippen LogP contribution in [-0.4, -0.2) is 18.9 Å². The van der Waals surface area contributed by atoms with E-state index in [2.05, 4.69) is 0 Å². The summed E-state index contributed by atoms with van der Waals surface area (Å²) in [5, 5.41) is 0. The van der Waals surface area contributed by atoms with Crippen LogP contribution in [0.2, 0.25) is 0 Å². The molecule has 0 fully saturated rings. The van der Waals surface area contributed by atoms with Gasteiger partial charge in [-0.25, -0.2) is 8.78 Å².